The van der Waals surface area contributed by atoms with E-state index in [1.807, 2.05) is 6.92 Å². The number of sulfonamides is 1. The van der Waals surface area contributed by atoms with Gasteiger partial charge in [0, 0.05) is 25.0 Å². The summed E-state index contributed by atoms with van der Waals surface area (Å²) >= 11 is 5.80. The van der Waals surface area contributed by atoms with Gasteiger partial charge in [0.25, 0.3) is 0 Å². The molecule has 0 aliphatic heterocycles. The van der Waals surface area contributed by atoms with Crippen molar-refractivity contribution < 1.29 is 17.9 Å². The molecule has 1 heterocycles. The van der Waals surface area contributed by atoms with Gasteiger partial charge in [0.2, 0.25) is 10.0 Å². The number of carbonyl (C=O) groups is 1. The van der Waals surface area contributed by atoms with Gasteiger partial charge in [-0.15, -0.1) is 0 Å². The smallest absolute Gasteiger partial charge is 0.411 e. The van der Waals surface area contributed by atoms with Gasteiger partial charge in [0.05, 0.1) is 23.2 Å². The summed E-state index contributed by atoms with van der Waals surface area (Å²) in [5.74, 6) is 0.0195. The summed E-state index contributed by atoms with van der Waals surface area (Å²) < 4.78 is 33.3. The number of nitrogens with one attached hydrogen (secondary N) is 2. The standard InChI is InChI=1S/C15H19ClN4O4S/c1-11(9-20-10-12(16)8-17-20)7-18-25(22,23)14-5-3-13(4-6-14)19-15(21)24-2/h3-6,8,10-11,18H,7,9H2,1-2H3,(H,19,21). The van der Waals surface area contributed by atoms with Gasteiger partial charge in [-0.1, -0.05) is 18.5 Å². The number of methoxy groups -OCH3 is 1. The number of hydrogen-bond acceptors (Lipinski definition) is 5. The second-order valence-electron chi connectivity index (χ2n) is 5.48. The molecular weight excluding hydrogens is 368 g/mol. The van der Waals surface area contributed by atoms with Gasteiger partial charge in [-0.05, 0) is 30.2 Å². The van der Waals surface area contributed by atoms with Gasteiger partial charge < -0.3 is 4.74 Å². The van der Waals surface area contributed by atoms with Crippen molar-refractivity contribution >= 4 is 33.4 Å². The number of aromatic nitrogens is 2. The topological polar surface area (TPSA) is 102 Å². The summed E-state index contributed by atoms with van der Waals surface area (Å²) in [5.41, 5.74) is 0.440. The average Bonchev–Trinajstić information content (AvgIpc) is 2.98. The Labute approximate surface area is 151 Å². The quantitative estimate of drug-likeness (QED) is 0.760. The van der Waals surface area contributed by atoms with Gasteiger partial charge in [0.15, 0.2) is 0 Å². The molecule has 1 aromatic carbocycles. The first kappa shape index (κ1) is 19.2. The van der Waals surface area contributed by atoms with Crippen molar-refractivity contribution in [2.45, 2.75) is 18.4 Å². The van der Waals surface area contributed by atoms with Gasteiger partial charge in [0.1, 0.15) is 0 Å². The molecule has 0 saturated carbocycles. The molecule has 2 N–H and O–H groups in total. The van der Waals surface area contributed by atoms with Crippen LogP contribution in [0.5, 0.6) is 0 Å². The highest BCUT2D eigenvalue weighted by atomic mass is 35.5. The monoisotopic (exact) mass is 386 g/mol. The van der Waals surface area contributed by atoms with Crippen LogP contribution in [0, 0.1) is 5.92 Å². The molecule has 0 spiro atoms. The molecule has 0 fully saturated rings. The second kappa shape index (κ2) is 8.32. The minimum atomic E-state index is -3.64. The molecule has 0 radical (unpaired) electrons. The first-order chi connectivity index (χ1) is 11.8. The fourth-order valence-electron chi connectivity index (χ4n) is 2.04. The highest BCUT2D eigenvalue weighted by Crippen LogP contribution is 2.15. The third-order valence-corrected chi connectivity index (χ3v) is 4.95. The normalized spacial score (nSPS) is 12.6. The van der Waals surface area contributed by atoms with E-state index in [0.717, 1.165) is 0 Å². The Morgan fingerprint density at radius 2 is 2.04 bits per heavy atom. The number of halogens is 1. The lowest BCUT2D eigenvalue weighted by molar-refractivity contribution is 0.187. The Hall–Kier alpha value is -2.10. The molecular formula is C15H19ClN4O4S. The molecule has 10 heteroatoms. The highest BCUT2D eigenvalue weighted by molar-refractivity contribution is 7.89. The van der Waals surface area contributed by atoms with Crippen molar-refractivity contribution in [2.24, 2.45) is 5.92 Å². The van der Waals surface area contributed by atoms with Crippen molar-refractivity contribution in [1.29, 1.82) is 0 Å². The van der Waals surface area contributed by atoms with E-state index in [1.54, 1.807) is 10.9 Å². The van der Waals surface area contributed by atoms with E-state index < -0.39 is 16.1 Å². The largest absolute Gasteiger partial charge is 0.453 e. The molecule has 136 valence electrons. The van der Waals surface area contributed by atoms with Gasteiger partial charge >= 0.3 is 6.09 Å². The lowest BCUT2D eigenvalue weighted by Crippen LogP contribution is -2.30. The summed E-state index contributed by atoms with van der Waals surface area (Å²) in [7, 11) is -2.40. The number of amides is 1. The minimum Gasteiger partial charge on any atom is -0.453 e. The van der Waals surface area contributed by atoms with Crippen LogP contribution < -0.4 is 10.0 Å². The van der Waals surface area contributed by atoms with E-state index in [-0.39, 0.29) is 17.4 Å². The van der Waals surface area contributed by atoms with E-state index in [4.69, 9.17) is 11.6 Å². The number of benzene rings is 1. The Bertz CT molecular complexity index is 820. The highest BCUT2D eigenvalue weighted by Gasteiger charge is 2.16. The Balaban J connectivity index is 1.93. The molecule has 0 aliphatic rings. The third kappa shape index (κ3) is 5.73. The van der Waals surface area contributed by atoms with E-state index in [9.17, 15) is 13.2 Å². The van der Waals surface area contributed by atoms with E-state index in [0.29, 0.717) is 17.3 Å². The van der Waals surface area contributed by atoms with Crippen molar-refractivity contribution in [3.63, 3.8) is 0 Å². The van der Waals surface area contributed by atoms with Crippen LogP contribution in [0.15, 0.2) is 41.6 Å². The Morgan fingerprint density at radius 3 is 2.60 bits per heavy atom. The molecule has 2 aromatic rings. The molecule has 0 saturated heterocycles. The fraction of sp³-hybridized carbons (Fsp3) is 0.333. The maximum atomic E-state index is 12.3. The molecule has 1 atom stereocenters. The molecule has 2 rings (SSSR count). The van der Waals surface area contributed by atoms with Crippen molar-refractivity contribution in [3.05, 3.63) is 41.7 Å². The van der Waals surface area contributed by atoms with Crippen LogP contribution >= 0.6 is 11.6 Å². The number of anilines is 1. The van der Waals surface area contributed by atoms with Crippen molar-refractivity contribution in [1.82, 2.24) is 14.5 Å². The zero-order valence-electron chi connectivity index (χ0n) is 13.8. The molecule has 8 nitrogen and oxygen atoms in total. The summed E-state index contributed by atoms with van der Waals surface area (Å²) in [6, 6.07) is 5.79. The first-order valence-corrected chi connectivity index (χ1v) is 9.29. The van der Waals surface area contributed by atoms with Crippen LogP contribution in [0.1, 0.15) is 6.92 Å². The lowest BCUT2D eigenvalue weighted by Gasteiger charge is -2.13. The van der Waals surface area contributed by atoms with Crippen molar-refractivity contribution in [2.75, 3.05) is 19.0 Å². The zero-order valence-corrected chi connectivity index (χ0v) is 15.3. The number of carbonyl (C=O) groups excluding carboxylic acids is 1. The van der Waals surface area contributed by atoms with Crippen LogP contribution in [0.25, 0.3) is 0 Å². The summed E-state index contributed by atoms with van der Waals surface area (Å²) in [6.07, 6.45) is 2.59. The summed E-state index contributed by atoms with van der Waals surface area (Å²) in [6.45, 7) is 2.70. The third-order valence-electron chi connectivity index (χ3n) is 3.32. The average molecular weight is 387 g/mol. The molecule has 1 amide bonds. The van der Waals surface area contributed by atoms with Crippen molar-refractivity contribution in [3.8, 4) is 0 Å². The fourth-order valence-corrected chi connectivity index (χ4v) is 3.36. The van der Waals surface area contributed by atoms with Gasteiger partial charge in [-0.25, -0.2) is 17.9 Å². The first-order valence-electron chi connectivity index (χ1n) is 7.43. The molecule has 0 bridgehead atoms. The number of hydrogen-bond donors (Lipinski definition) is 2. The minimum absolute atomic E-state index is 0.0195. The van der Waals surface area contributed by atoms with Gasteiger partial charge in [-0.2, -0.15) is 5.10 Å². The predicted octanol–water partition coefficient (Wildman–Crippen LogP) is 2.33. The number of ether oxygens (including phenoxy) is 1. The van der Waals surface area contributed by atoms with Crippen LogP contribution in [-0.2, 0) is 21.3 Å². The Morgan fingerprint density at radius 1 is 1.36 bits per heavy atom. The van der Waals surface area contributed by atoms with Crippen LogP contribution in [-0.4, -0.2) is 37.9 Å². The maximum absolute atomic E-state index is 12.3. The molecule has 0 aliphatic carbocycles. The number of rotatable bonds is 7. The number of nitrogens with zero attached hydrogens (tertiary/aromatic N) is 2. The summed E-state index contributed by atoms with van der Waals surface area (Å²) in [5, 5.41) is 7.05. The molecule has 25 heavy (non-hydrogen) atoms. The molecule has 1 unspecified atom stereocenters. The van der Waals surface area contributed by atoms with E-state index in [2.05, 4.69) is 19.9 Å². The van der Waals surface area contributed by atoms with Crippen LogP contribution in [0.4, 0.5) is 10.5 Å². The van der Waals surface area contributed by atoms with Crippen LogP contribution in [0.3, 0.4) is 0 Å². The SMILES string of the molecule is COC(=O)Nc1ccc(S(=O)(=O)NCC(C)Cn2cc(Cl)cn2)cc1. The van der Waals surface area contributed by atoms with E-state index in [1.165, 1.54) is 37.6 Å². The van der Waals surface area contributed by atoms with Gasteiger partial charge in [-0.3, -0.25) is 10.00 Å². The Kier molecular flexibility index (Phi) is 6.40. The predicted molar refractivity (Wildman–Crippen MR) is 94.1 cm³/mol. The maximum Gasteiger partial charge on any atom is 0.411 e. The zero-order chi connectivity index (χ0) is 18.4. The molecule has 1 aromatic heterocycles. The van der Waals surface area contributed by atoms with Crippen LogP contribution in [0.2, 0.25) is 5.02 Å². The summed E-state index contributed by atoms with van der Waals surface area (Å²) in [4.78, 5) is 11.2. The van der Waals surface area contributed by atoms with E-state index >= 15 is 0 Å². The lowest BCUT2D eigenvalue weighted by atomic mass is 10.2. The second-order valence-corrected chi connectivity index (χ2v) is 7.68.